The molecule has 0 unspecified atom stereocenters. The summed E-state index contributed by atoms with van der Waals surface area (Å²) in [7, 11) is 1.72. The van der Waals surface area contributed by atoms with E-state index in [1.807, 2.05) is 12.4 Å². The van der Waals surface area contributed by atoms with Crippen molar-refractivity contribution in [1.29, 1.82) is 0 Å². The van der Waals surface area contributed by atoms with Gasteiger partial charge < -0.3 is 14.6 Å². The molecule has 0 saturated carbocycles. The second kappa shape index (κ2) is 5.34. The summed E-state index contributed by atoms with van der Waals surface area (Å²) in [5.41, 5.74) is -0.172. The Morgan fingerprint density at radius 2 is 2.19 bits per heavy atom. The van der Waals surface area contributed by atoms with Gasteiger partial charge in [-0.25, -0.2) is 4.98 Å². The Kier molecular flexibility index (Phi) is 4.35. The van der Waals surface area contributed by atoms with Crippen molar-refractivity contribution >= 4 is 5.95 Å². The minimum Gasteiger partial charge on any atom is -0.377 e. The number of methoxy groups -OCH3 is 1. The minimum atomic E-state index is -0.172. The standard InChI is InChI=1S/C12H23N3O/c1-10(2)8-15-7-6-13-11(15)14-9-12(3,4)16-5/h6-7,10H,8-9H2,1-5H3,(H,13,14). The Hall–Kier alpha value is -1.03. The van der Waals surface area contributed by atoms with Crippen LogP contribution < -0.4 is 5.32 Å². The van der Waals surface area contributed by atoms with E-state index in [0.717, 1.165) is 19.0 Å². The fourth-order valence-corrected chi connectivity index (χ4v) is 1.38. The lowest BCUT2D eigenvalue weighted by Gasteiger charge is -2.23. The van der Waals surface area contributed by atoms with Crippen molar-refractivity contribution in [3.8, 4) is 0 Å². The molecule has 1 N–H and O–H groups in total. The fraction of sp³-hybridized carbons (Fsp3) is 0.750. The Bertz CT molecular complexity index is 318. The van der Waals surface area contributed by atoms with Crippen LogP contribution in [0.15, 0.2) is 12.4 Å². The monoisotopic (exact) mass is 225 g/mol. The Morgan fingerprint density at radius 3 is 2.75 bits per heavy atom. The van der Waals surface area contributed by atoms with Crippen molar-refractivity contribution in [2.75, 3.05) is 19.0 Å². The highest BCUT2D eigenvalue weighted by Crippen LogP contribution is 2.12. The SMILES string of the molecule is COC(C)(C)CNc1nccn1CC(C)C. The van der Waals surface area contributed by atoms with Crippen LogP contribution in [0.25, 0.3) is 0 Å². The fourth-order valence-electron chi connectivity index (χ4n) is 1.38. The molecule has 0 aliphatic heterocycles. The number of nitrogens with one attached hydrogen (secondary N) is 1. The molecule has 0 aliphatic carbocycles. The van der Waals surface area contributed by atoms with Gasteiger partial charge >= 0.3 is 0 Å². The number of imidazole rings is 1. The van der Waals surface area contributed by atoms with Gasteiger partial charge in [-0.3, -0.25) is 0 Å². The van der Waals surface area contributed by atoms with Crippen LogP contribution in [0, 0.1) is 5.92 Å². The van der Waals surface area contributed by atoms with Gasteiger partial charge in [0.2, 0.25) is 5.95 Å². The summed E-state index contributed by atoms with van der Waals surface area (Å²) in [6.45, 7) is 10.2. The van der Waals surface area contributed by atoms with Gasteiger partial charge in [0.1, 0.15) is 0 Å². The molecule has 0 atom stereocenters. The maximum Gasteiger partial charge on any atom is 0.202 e. The summed E-state index contributed by atoms with van der Waals surface area (Å²) < 4.78 is 7.49. The third-order valence-corrected chi connectivity index (χ3v) is 2.50. The first-order valence-corrected chi connectivity index (χ1v) is 5.75. The van der Waals surface area contributed by atoms with Crippen LogP contribution in [0.2, 0.25) is 0 Å². The van der Waals surface area contributed by atoms with Crippen LogP contribution in [0.1, 0.15) is 27.7 Å². The van der Waals surface area contributed by atoms with E-state index in [1.165, 1.54) is 0 Å². The van der Waals surface area contributed by atoms with E-state index in [-0.39, 0.29) is 5.60 Å². The van der Waals surface area contributed by atoms with Crippen molar-refractivity contribution < 1.29 is 4.74 Å². The van der Waals surface area contributed by atoms with Gasteiger partial charge in [-0.05, 0) is 19.8 Å². The zero-order valence-electron chi connectivity index (χ0n) is 10.9. The third-order valence-electron chi connectivity index (χ3n) is 2.50. The molecule has 0 radical (unpaired) electrons. The van der Waals surface area contributed by atoms with Crippen molar-refractivity contribution in [1.82, 2.24) is 9.55 Å². The molecule has 0 amide bonds. The highest BCUT2D eigenvalue weighted by atomic mass is 16.5. The molecule has 0 saturated heterocycles. The summed E-state index contributed by atoms with van der Waals surface area (Å²) in [4.78, 5) is 4.30. The Morgan fingerprint density at radius 1 is 1.50 bits per heavy atom. The lowest BCUT2D eigenvalue weighted by atomic mass is 10.1. The maximum atomic E-state index is 5.36. The largest absolute Gasteiger partial charge is 0.377 e. The van der Waals surface area contributed by atoms with Crippen LogP contribution in [0.3, 0.4) is 0 Å². The van der Waals surface area contributed by atoms with Crippen molar-refractivity contribution in [2.45, 2.75) is 39.8 Å². The summed E-state index contributed by atoms with van der Waals surface area (Å²) in [5, 5.41) is 3.32. The normalized spacial score (nSPS) is 12.1. The number of aromatic nitrogens is 2. The van der Waals surface area contributed by atoms with Crippen LogP contribution in [0.5, 0.6) is 0 Å². The summed E-state index contributed by atoms with van der Waals surface area (Å²) in [6.07, 6.45) is 3.83. The van der Waals surface area contributed by atoms with Gasteiger partial charge in [0.15, 0.2) is 0 Å². The zero-order valence-corrected chi connectivity index (χ0v) is 10.9. The molecule has 0 aliphatic rings. The van der Waals surface area contributed by atoms with Crippen molar-refractivity contribution in [2.24, 2.45) is 5.92 Å². The minimum absolute atomic E-state index is 0.172. The number of ether oxygens (including phenoxy) is 1. The van der Waals surface area contributed by atoms with E-state index >= 15 is 0 Å². The second-order valence-electron chi connectivity index (χ2n) is 5.11. The predicted molar refractivity (Wildman–Crippen MR) is 66.6 cm³/mol. The molecule has 0 spiro atoms. The molecule has 1 heterocycles. The quantitative estimate of drug-likeness (QED) is 0.808. The molecule has 16 heavy (non-hydrogen) atoms. The van der Waals surface area contributed by atoms with E-state index < -0.39 is 0 Å². The van der Waals surface area contributed by atoms with Gasteiger partial charge in [0.05, 0.1) is 5.60 Å². The zero-order chi connectivity index (χ0) is 12.2. The molecule has 0 bridgehead atoms. The van der Waals surface area contributed by atoms with E-state index in [9.17, 15) is 0 Å². The number of anilines is 1. The highest BCUT2D eigenvalue weighted by molar-refractivity contribution is 5.26. The number of rotatable bonds is 6. The molecule has 1 aromatic heterocycles. The average molecular weight is 225 g/mol. The first kappa shape index (κ1) is 13.0. The average Bonchev–Trinajstić information content (AvgIpc) is 2.62. The number of hydrogen-bond donors (Lipinski definition) is 1. The summed E-state index contributed by atoms with van der Waals surface area (Å²) in [6, 6.07) is 0. The highest BCUT2D eigenvalue weighted by Gasteiger charge is 2.16. The molecule has 92 valence electrons. The van der Waals surface area contributed by atoms with Gasteiger partial charge in [0, 0.05) is 32.6 Å². The van der Waals surface area contributed by atoms with E-state index in [1.54, 1.807) is 7.11 Å². The first-order valence-electron chi connectivity index (χ1n) is 5.75. The number of nitrogens with zero attached hydrogens (tertiary/aromatic N) is 2. The lowest BCUT2D eigenvalue weighted by molar-refractivity contribution is 0.0342. The first-order chi connectivity index (χ1) is 7.44. The molecule has 0 fully saturated rings. The molecule has 1 aromatic rings. The van der Waals surface area contributed by atoms with Crippen LogP contribution in [0.4, 0.5) is 5.95 Å². The van der Waals surface area contributed by atoms with Crippen molar-refractivity contribution in [3.63, 3.8) is 0 Å². The Labute approximate surface area is 98.0 Å². The van der Waals surface area contributed by atoms with Gasteiger partial charge in [-0.2, -0.15) is 0 Å². The third kappa shape index (κ3) is 3.85. The van der Waals surface area contributed by atoms with E-state index in [2.05, 4.69) is 42.6 Å². The maximum absolute atomic E-state index is 5.36. The Balaban J connectivity index is 2.57. The molecule has 4 heteroatoms. The van der Waals surface area contributed by atoms with Gasteiger partial charge in [-0.1, -0.05) is 13.8 Å². The van der Waals surface area contributed by atoms with Crippen LogP contribution >= 0.6 is 0 Å². The summed E-state index contributed by atoms with van der Waals surface area (Å²) in [5.74, 6) is 1.53. The summed E-state index contributed by atoms with van der Waals surface area (Å²) >= 11 is 0. The second-order valence-corrected chi connectivity index (χ2v) is 5.11. The molecular formula is C12H23N3O. The smallest absolute Gasteiger partial charge is 0.202 e. The van der Waals surface area contributed by atoms with Crippen molar-refractivity contribution in [3.05, 3.63) is 12.4 Å². The van der Waals surface area contributed by atoms with Crippen LogP contribution in [-0.4, -0.2) is 28.8 Å². The lowest BCUT2D eigenvalue weighted by Crippen LogP contribution is -2.32. The van der Waals surface area contributed by atoms with Crippen LogP contribution in [-0.2, 0) is 11.3 Å². The van der Waals surface area contributed by atoms with E-state index in [0.29, 0.717) is 5.92 Å². The molecular weight excluding hydrogens is 202 g/mol. The predicted octanol–water partition coefficient (Wildman–Crippen LogP) is 2.38. The topological polar surface area (TPSA) is 39.1 Å². The molecule has 4 nitrogen and oxygen atoms in total. The van der Waals surface area contributed by atoms with Gasteiger partial charge in [-0.15, -0.1) is 0 Å². The number of hydrogen-bond acceptors (Lipinski definition) is 3. The molecule has 1 rings (SSSR count). The van der Waals surface area contributed by atoms with E-state index in [4.69, 9.17) is 4.74 Å². The van der Waals surface area contributed by atoms with Gasteiger partial charge in [0.25, 0.3) is 0 Å². The molecule has 0 aromatic carbocycles.